The first-order chi connectivity index (χ1) is 6.81. The van der Waals surface area contributed by atoms with Crippen LogP contribution in [0.2, 0.25) is 0 Å². The van der Waals surface area contributed by atoms with Crippen LogP contribution in [0.3, 0.4) is 0 Å². The van der Waals surface area contributed by atoms with Crippen LogP contribution in [0.4, 0.5) is 4.39 Å². The summed E-state index contributed by atoms with van der Waals surface area (Å²) in [5.74, 6) is -0.193. The van der Waals surface area contributed by atoms with Gasteiger partial charge in [0, 0.05) is 11.3 Å². The lowest BCUT2D eigenvalue weighted by Gasteiger charge is -1.97. The van der Waals surface area contributed by atoms with Crippen LogP contribution in [0, 0.1) is 5.82 Å². The molecule has 0 bridgehead atoms. The van der Waals surface area contributed by atoms with E-state index in [0.717, 1.165) is 28.5 Å². The second kappa shape index (κ2) is 4.07. The van der Waals surface area contributed by atoms with Gasteiger partial charge in [0.25, 0.3) is 0 Å². The molecule has 3 heteroatoms. The summed E-state index contributed by atoms with van der Waals surface area (Å²) in [6.07, 6.45) is 1.56. The Morgan fingerprint density at radius 2 is 2.21 bits per heavy atom. The zero-order valence-corrected chi connectivity index (χ0v) is 8.48. The quantitative estimate of drug-likeness (QED) is 0.825. The third kappa shape index (κ3) is 1.79. The second-order valence-electron chi connectivity index (χ2n) is 3.23. The summed E-state index contributed by atoms with van der Waals surface area (Å²) in [6.45, 7) is 0.187. The van der Waals surface area contributed by atoms with E-state index < -0.39 is 0 Å². The molecule has 2 aromatic rings. The van der Waals surface area contributed by atoms with Crippen molar-refractivity contribution in [2.45, 2.75) is 12.8 Å². The van der Waals surface area contributed by atoms with Crippen LogP contribution in [-0.2, 0) is 6.42 Å². The number of rotatable bonds is 3. The summed E-state index contributed by atoms with van der Waals surface area (Å²) < 4.78 is 14.1. The Morgan fingerprint density at radius 3 is 3.00 bits per heavy atom. The molecule has 0 saturated heterocycles. The highest BCUT2D eigenvalue weighted by Crippen LogP contribution is 2.27. The number of hydrogen-bond donors (Lipinski definition) is 1. The topological polar surface area (TPSA) is 20.2 Å². The molecule has 1 heterocycles. The molecule has 0 saturated carbocycles. The Labute approximate surface area is 85.8 Å². The first-order valence-corrected chi connectivity index (χ1v) is 5.45. The van der Waals surface area contributed by atoms with Gasteiger partial charge in [-0.2, -0.15) is 0 Å². The number of aliphatic hydroxyl groups excluding tert-OH is 1. The number of thiophene rings is 1. The van der Waals surface area contributed by atoms with Crippen LogP contribution in [0.5, 0.6) is 0 Å². The third-order valence-corrected chi connectivity index (χ3v) is 3.23. The Morgan fingerprint density at radius 1 is 1.36 bits per heavy atom. The van der Waals surface area contributed by atoms with Crippen LogP contribution in [0.15, 0.2) is 23.6 Å². The smallest absolute Gasteiger partial charge is 0.123 e. The molecular formula is C11H11FOS. The molecule has 0 unspecified atom stereocenters. The van der Waals surface area contributed by atoms with Crippen molar-refractivity contribution in [3.05, 3.63) is 35.0 Å². The van der Waals surface area contributed by atoms with E-state index in [1.807, 2.05) is 5.38 Å². The van der Waals surface area contributed by atoms with E-state index in [9.17, 15) is 4.39 Å². The van der Waals surface area contributed by atoms with Gasteiger partial charge in [0.05, 0.1) is 0 Å². The molecule has 0 spiro atoms. The van der Waals surface area contributed by atoms with Crippen LogP contribution < -0.4 is 0 Å². The van der Waals surface area contributed by atoms with Gasteiger partial charge in [0.2, 0.25) is 0 Å². The zero-order chi connectivity index (χ0) is 9.97. The van der Waals surface area contributed by atoms with E-state index >= 15 is 0 Å². The van der Waals surface area contributed by atoms with Crippen molar-refractivity contribution in [1.29, 1.82) is 0 Å². The highest BCUT2D eigenvalue weighted by molar-refractivity contribution is 7.17. The summed E-state index contributed by atoms with van der Waals surface area (Å²) in [5, 5.41) is 11.8. The fourth-order valence-corrected chi connectivity index (χ4v) is 2.49. The van der Waals surface area contributed by atoms with E-state index in [-0.39, 0.29) is 12.4 Å². The van der Waals surface area contributed by atoms with Gasteiger partial charge in [-0.05, 0) is 47.4 Å². The molecule has 0 radical (unpaired) electrons. The molecule has 0 aliphatic carbocycles. The minimum absolute atomic E-state index is 0.187. The second-order valence-corrected chi connectivity index (χ2v) is 4.14. The van der Waals surface area contributed by atoms with Gasteiger partial charge in [-0.15, -0.1) is 11.3 Å². The van der Waals surface area contributed by atoms with Crippen LogP contribution in [0.1, 0.15) is 12.0 Å². The number of halogens is 1. The van der Waals surface area contributed by atoms with E-state index in [1.165, 1.54) is 6.07 Å². The van der Waals surface area contributed by atoms with Crippen molar-refractivity contribution in [2.75, 3.05) is 6.61 Å². The van der Waals surface area contributed by atoms with Crippen LogP contribution >= 0.6 is 11.3 Å². The van der Waals surface area contributed by atoms with Gasteiger partial charge < -0.3 is 5.11 Å². The lowest BCUT2D eigenvalue weighted by molar-refractivity contribution is 0.289. The highest BCUT2D eigenvalue weighted by Gasteiger charge is 2.04. The van der Waals surface area contributed by atoms with Crippen LogP contribution in [0.25, 0.3) is 10.1 Å². The largest absolute Gasteiger partial charge is 0.396 e. The first kappa shape index (κ1) is 9.62. The standard InChI is InChI=1S/C11H11FOS/c12-9-3-4-11-10(6-9)8(7-14-11)2-1-5-13/h3-4,6-7,13H,1-2,5H2. The fourth-order valence-electron chi connectivity index (χ4n) is 1.52. The molecular weight excluding hydrogens is 199 g/mol. The normalized spacial score (nSPS) is 11.0. The van der Waals surface area contributed by atoms with Gasteiger partial charge in [0.1, 0.15) is 5.82 Å². The minimum Gasteiger partial charge on any atom is -0.396 e. The summed E-state index contributed by atoms with van der Waals surface area (Å²) >= 11 is 1.62. The number of hydrogen-bond acceptors (Lipinski definition) is 2. The summed E-state index contributed by atoms with van der Waals surface area (Å²) in [4.78, 5) is 0. The molecule has 0 fully saturated rings. The van der Waals surface area contributed by atoms with E-state index in [4.69, 9.17) is 5.11 Å². The molecule has 1 aromatic carbocycles. The number of fused-ring (bicyclic) bond motifs is 1. The van der Waals surface area contributed by atoms with Crippen molar-refractivity contribution in [3.63, 3.8) is 0 Å². The van der Waals surface area contributed by atoms with E-state index in [1.54, 1.807) is 23.5 Å². The maximum absolute atomic E-state index is 13.0. The highest BCUT2D eigenvalue weighted by atomic mass is 32.1. The molecule has 14 heavy (non-hydrogen) atoms. The van der Waals surface area contributed by atoms with Crippen molar-refractivity contribution in [1.82, 2.24) is 0 Å². The first-order valence-electron chi connectivity index (χ1n) is 4.58. The molecule has 2 rings (SSSR count). The predicted molar refractivity (Wildman–Crippen MR) is 57.2 cm³/mol. The summed E-state index contributed by atoms with van der Waals surface area (Å²) in [6, 6.07) is 4.85. The zero-order valence-electron chi connectivity index (χ0n) is 7.66. The Kier molecular flexibility index (Phi) is 2.79. The van der Waals surface area contributed by atoms with Crippen molar-refractivity contribution >= 4 is 21.4 Å². The maximum atomic E-state index is 13.0. The van der Waals surface area contributed by atoms with Crippen molar-refractivity contribution in [3.8, 4) is 0 Å². The van der Waals surface area contributed by atoms with Gasteiger partial charge in [-0.3, -0.25) is 0 Å². The lowest BCUT2D eigenvalue weighted by Crippen LogP contribution is -1.87. The number of benzene rings is 1. The number of aryl methyl sites for hydroxylation is 1. The Hall–Kier alpha value is -0.930. The molecule has 0 aliphatic rings. The lowest BCUT2D eigenvalue weighted by atomic mass is 10.1. The molecule has 0 amide bonds. The molecule has 1 nitrogen and oxygen atoms in total. The minimum atomic E-state index is -0.193. The molecule has 0 aliphatic heterocycles. The SMILES string of the molecule is OCCCc1csc2ccc(F)cc12. The van der Waals surface area contributed by atoms with E-state index in [2.05, 4.69) is 0 Å². The molecule has 1 N–H and O–H groups in total. The Balaban J connectivity index is 2.40. The van der Waals surface area contributed by atoms with Crippen molar-refractivity contribution < 1.29 is 9.50 Å². The molecule has 0 atom stereocenters. The number of aliphatic hydroxyl groups is 1. The molecule has 1 aromatic heterocycles. The van der Waals surface area contributed by atoms with Gasteiger partial charge in [-0.1, -0.05) is 0 Å². The van der Waals surface area contributed by atoms with Crippen LogP contribution in [-0.4, -0.2) is 11.7 Å². The summed E-state index contributed by atoms with van der Waals surface area (Å²) in [5.41, 5.74) is 1.14. The molecule has 74 valence electrons. The average molecular weight is 210 g/mol. The van der Waals surface area contributed by atoms with Gasteiger partial charge >= 0.3 is 0 Å². The predicted octanol–water partition coefficient (Wildman–Crippen LogP) is 2.97. The van der Waals surface area contributed by atoms with E-state index in [0.29, 0.717) is 0 Å². The Bertz CT molecular complexity index is 436. The monoisotopic (exact) mass is 210 g/mol. The fraction of sp³-hybridized carbons (Fsp3) is 0.273. The van der Waals surface area contributed by atoms with Gasteiger partial charge in [-0.25, -0.2) is 4.39 Å². The van der Waals surface area contributed by atoms with Crippen molar-refractivity contribution in [2.24, 2.45) is 0 Å². The summed E-state index contributed by atoms with van der Waals surface area (Å²) in [7, 11) is 0. The van der Waals surface area contributed by atoms with Gasteiger partial charge in [0.15, 0.2) is 0 Å². The third-order valence-electron chi connectivity index (χ3n) is 2.22. The average Bonchev–Trinajstić information content (AvgIpc) is 2.57. The maximum Gasteiger partial charge on any atom is 0.123 e.